The molecule has 3 aliphatic heterocycles. The van der Waals surface area contributed by atoms with Crippen molar-refractivity contribution in [2.75, 3.05) is 54.4 Å². The summed E-state index contributed by atoms with van der Waals surface area (Å²) >= 11 is 0. The van der Waals surface area contributed by atoms with Crippen LogP contribution in [0.5, 0.6) is 0 Å². The number of hydrogen-bond donors (Lipinski definition) is 3. The molecule has 1 atom stereocenters. The van der Waals surface area contributed by atoms with Gasteiger partial charge in [0.1, 0.15) is 17.9 Å². The van der Waals surface area contributed by atoms with E-state index in [4.69, 9.17) is 0 Å². The van der Waals surface area contributed by atoms with Crippen molar-refractivity contribution in [3.05, 3.63) is 101 Å². The van der Waals surface area contributed by atoms with Crippen molar-refractivity contribution < 1.29 is 14.4 Å². The van der Waals surface area contributed by atoms with Gasteiger partial charge >= 0.3 is 0 Å². The number of benzene rings is 3. The molecule has 10 rings (SSSR count). The first-order valence-corrected chi connectivity index (χ1v) is 21.2. The number of carbonyl (C=O) groups is 3. The lowest BCUT2D eigenvalue weighted by atomic mass is 9.86. The van der Waals surface area contributed by atoms with Gasteiger partial charge in [-0.1, -0.05) is 35.5 Å². The van der Waals surface area contributed by atoms with Crippen LogP contribution in [0.3, 0.4) is 0 Å². The van der Waals surface area contributed by atoms with Gasteiger partial charge in [-0.25, -0.2) is 15.0 Å². The highest BCUT2D eigenvalue weighted by Gasteiger charge is 2.34. The molecular weight excluding hydrogens is 775 g/mol. The third-order valence-corrected chi connectivity index (χ3v) is 12.8. The Hall–Kier alpha value is -6.75. The molecule has 3 N–H and O–H groups in total. The van der Waals surface area contributed by atoms with Crippen LogP contribution in [0.15, 0.2) is 90.2 Å². The van der Waals surface area contributed by atoms with Gasteiger partial charge in [0, 0.05) is 80.9 Å². The first-order valence-electron chi connectivity index (χ1n) is 21.2. The van der Waals surface area contributed by atoms with E-state index in [-0.39, 0.29) is 42.3 Å². The van der Waals surface area contributed by atoms with Gasteiger partial charge in [0.25, 0.3) is 11.5 Å². The monoisotopic (exact) mass is 821 g/mol. The number of anilines is 4. The summed E-state index contributed by atoms with van der Waals surface area (Å²) in [4.78, 5) is 71.2. The Morgan fingerprint density at radius 2 is 1.54 bits per heavy atom. The Morgan fingerprint density at radius 1 is 0.787 bits per heavy atom. The predicted octanol–water partition coefficient (Wildman–Crippen LogP) is 3.51. The average molecular weight is 822 g/mol. The molecule has 17 heteroatoms. The van der Waals surface area contributed by atoms with Gasteiger partial charge in [-0.3, -0.25) is 29.4 Å². The Labute approximate surface area is 351 Å². The summed E-state index contributed by atoms with van der Waals surface area (Å²) in [6, 6.07) is 24.0. The maximum atomic E-state index is 13.4. The molecule has 6 heterocycles. The van der Waals surface area contributed by atoms with E-state index in [9.17, 15) is 19.2 Å². The van der Waals surface area contributed by atoms with E-state index in [0.717, 1.165) is 97.7 Å². The van der Waals surface area contributed by atoms with Crippen LogP contribution in [0, 0.1) is 0 Å². The van der Waals surface area contributed by atoms with Crippen molar-refractivity contribution in [2.45, 2.75) is 69.1 Å². The lowest BCUT2D eigenvalue weighted by molar-refractivity contribution is -0.136. The molecule has 3 saturated heterocycles. The molecule has 3 aromatic heterocycles. The zero-order chi connectivity index (χ0) is 41.5. The highest BCUT2D eigenvalue weighted by molar-refractivity contribution is 5.99. The number of carbonyl (C=O) groups excluding carboxylic acids is 3. The number of hydrogen-bond acceptors (Lipinski definition) is 13. The third kappa shape index (κ3) is 7.88. The highest BCUT2D eigenvalue weighted by Crippen LogP contribution is 2.36. The van der Waals surface area contributed by atoms with Gasteiger partial charge in [0.15, 0.2) is 17.0 Å². The number of amides is 3. The molecule has 0 radical (unpaired) electrons. The van der Waals surface area contributed by atoms with E-state index in [0.29, 0.717) is 29.2 Å². The maximum absolute atomic E-state index is 13.4. The maximum Gasteiger partial charge on any atom is 0.278 e. The molecule has 3 aromatic carbocycles. The lowest BCUT2D eigenvalue weighted by Crippen LogP contribution is -2.53. The van der Waals surface area contributed by atoms with Crippen molar-refractivity contribution >= 4 is 62.7 Å². The van der Waals surface area contributed by atoms with E-state index in [1.54, 1.807) is 6.33 Å². The second-order valence-electron chi connectivity index (χ2n) is 16.5. The fourth-order valence-corrected chi connectivity index (χ4v) is 9.29. The topological polar surface area (TPSA) is 188 Å². The van der Waals surface area contributed by atoms with Crippen LogP contribution >= 0.6 is 0 Å². The molecule has 4 aliphatic rings. The Morgan fingerprint density at radius 3 is 2.31 bits per heavy atom. The molecule has 1 saturated carbocycles. The van der Waals surface area contributed by atoms with Gasteiger partial charge < -0.3 is 25.0 Å². The van der Waals surface area contributed by atoms with Gasteiger partial charge in [-0.15, -0.1) is 5.10 Å². The third-order valence-electron chi connectivity index (χ3n) is 12.8. The summed E-state index contributed by atoms with van der Waals surface area (Å²) in [6.45, 7) is 5.50. The van der Waals surface area contributed by atoms with Gasteiger partial charge in [-0.2, -0.15) is 4.68 Å². The van der Waals surface area contributed by atoms with E-state index in [2.05, 4.69) is 84.7 Å². The van der Waals surface area contributed by atoms with Crippen LogP contribution in [-0.2, 0) is 20.8 Å². The SMILES string of the molecule is O=C1CC[C@H](n2nnc3ccc(N4CCN(C5CCN(c6ccc(Nc7ncnc8c7ncn8C7CC(NC(=O)Cc8ccccc8)C7)cc6)CC5)CC4)cc3c2=O)C(=O)N1. The Kier molecular flexibility index (Phi) is 10.3. The summed E-state index contributed by atoms with van der Waals surface area (Å²) in [5.74, 6) is -0.160. The van der Waals surface area contributed by atoms with Crippen LogP contribution in [0.25, 0.3) is 22.1 Å². The van der Waals surface area contributed by atoms with Gasteiger partial charge in [0.2, 0.25) is 11.8 Å². The summed E-state index contributed by atoms with van der Waals surface area (Å²) < 4.78 is 3.21. The standard InChI is InChI=1S/C44H47N13O4/c58-38-13-12-37(43(60)50-38)57-44(61)35-25-33(10-11-36(35)51-52-57)55-20-18-54(19-21-55)32-14-16-53(17-15-32)31-8-6-29(7-9-31)49-41-40-42(46-26-45-41)56(27-47-40)34-23-30(24-34)48-39(59)22-28-4-2-1-3-5-28/h1-11,25-27,30,32,34,37H,12-24H2,(H,48,59)(H,45,46,49)(H,50,58,60)/t30?,34?,37-/m0/s1. The van der Waals surface area contributed by atoms with E-state index < -0.39 is 11.9 Å². The molecule has 312 valence electrons. The Balaban J connectivity index is 0.703. The number of nitrogens with zero attached hydrogens (tertiary/aromatic N) is 10. The summed E-state index contributed by atoms with van der Waals surface area (Å²) in [5, 5.41) is 17.6. The molecule has 17 nitrogen and oxygen atoms in total. The van der Waals surface area contributed by atoms with Crippen LogP contribution < -0.4 is 31.3 Å². The number of aromatic nitrogens is 7. The molecule has 3 amide bonds. The second kappa shape index (κ2) is 16.4. The van der Waals surface area contributed by atoms with Crippen LogP contribution in [-0.4, -0.2) is 108 Å². The van der Waals surface area contributed by atoms with Crippen molar-refractivity contribution in [1.29, 1.82) is 0 Å². The van der Waals surface area contributed by atoms with E-state index in [1.807, 2.05) is 54.9 Å². The van der Waals surface area contributed by atoms with Crippen LogP contribution in [0.4, 0.5) is 22.9 Å². The Bertz CT molecular complexity index is 2650. The number of rotatable bonds is 10. The number of imidazole rings is 1. The zero-order valence-corrected chi connectivity index (χ0v) is 33.7. The minimum atomic E-state index is -0.849. The summed E-state index contributed by atoms with van der Waals surface area (Å²) in [5.41, 5.74) is 5.67. The van der Waals surface area contributed by atoms with E-state index >= 15 is 0 Å². The normalized spacial score (nSPS) is 21.3. The second-order valence-corrected chi connectivity index (χ2v) is 16.5. The number of nitrogens with one attached hydrogen (secondary N) is 3. The first-order chi connectivity index (χ1) is 29.8. The number of piperazine rings is 1. The fourth-order valence-electron chi connectivity index (χ4n) is 9.29. The quantitative estimate of drug-likeness (QED) is 0.171. The predicted molar refractivity (Wildman–Crippen MR) is 230 cm³/mol. The summed E-state index contributed by atoms with van der Waals surface area (Å²) in [6.07, 6.45) is 8.00. The highest BCUT2D eigenvalue weighted by atomic mass is 16.2. The van der Waals surface area contributed by atoms with Crippen molar-refractivity contribution in [3.63, 3.8) is 0 Å². The zero-order valence-electron chi connectivity index (χ0n) is 33.7. The minimum absolute atomic E-state index is 0.0459. The number of piperidine rings is 2. The first kappa shape index (κ1) is 38.5. The van der Waals surface area contributed by atoms with E-state index in [1.165, 1.54) is 5.69 Å². The molecule has 61 heavy (non-hydrogen) atoms. The molecule has 1 aliphatic carbocycles. The molecule has 6 aromatic rings. The van der Waals surface area contributed by atoms with Crippen molar-refractivity contribution in [1.82, 2.24) is 50.0 Å². The van der Waals surface area contributed by atoms with Crippen LogP contribution in [0.1, 0.15) is 56.2 Å². The smallest absolute Gasteiger partial charge is 0.278 e. The molecule has 0 bridgehead atoms. The van der Waals surface area contributed by atoms with Gasteiger partial charge in [-0.05, 0) is 80.1 Å². The minimum Gasteiger partial charge on any atom is -0.371 e. The average Bonchev–Trinajstić information content (AvgIpc) is 3.70. The van der Waals surface area contributed by atoms with Crippen molar-refractivity contribution in [2.24, 2.45) is 0 Å². The summed E-state index contributed by atoms with van der Waals surface area (Å²) in [7, 11) is 0. The van der Waals surface area contributed by atoms with Crippen molar-refractivity contribution in [3.8, 4) is 0 Å². The van der Waals surface area contributed by atoms with Crippen LogP contribution in [0.2, 0.25) is 0 Å². The number of imide groups is 1. The molecule has 0 spiro atoms. The number of fused-ring (bicyclic) bond motifs is 2. The largest absolute Gasteiger partial charge is 0.371 e. The molecule has 0 unspecified atom stereocenters. The van der Waals surface area contributed by atoms with Gasteiger partial charge in [0.05, 0.1) is 18.1 Å². The fraction of sp³-hybridized carbons (Fsp3) is 0.386. The molecular formula is C44H47N13O4. The molecule has 4 fully saturated rings. The lowest BCUT2D eigenvalue weighted by Gasteiger charge is -2.43.